The lowest BCUT2D eigenvalue weighted by atomic mass is 10.3. The van der Waals surface area contributed by atoms with Crippen molar-refractivity contribution in [1.82, 2.24) is 9.71 Å². The summed E-state index contributed by atoms with van der Waals surface area (Å²) in [4.78, 5) is 3.25. The van der Waals surface area contributed by atoms with Gasteiger partial charge in [-0.2, -0.15) is 17.9 Å². The van der Waals surface area contributed by atoms with E-state index in [0.717, 1.165) is 18.3 Å². The Morgan fingerprint density at radius 1 is 1.33 bits per heavy atom. The zero-order valence-electron chi connectivity index (χ0n) is 8.83. The molecule has 0 radical (unpaired) electrons. The molecule has 4 nitrogen and oxygen atoms in total. The number of hydrogen-bond acceptors (Lipinski definition) is 3. The third-order valence-electron chi connectivity index (χ3n) is 2.60. The van der Waals surface area contributed by atoms with E-state index < -0.39 is 32.6 Å². The number of rotatable bonds is 3. The fraction of sp³-hybridized carbons (Fsp3) is 0.444. The van der Waals surface area contributed by atoms with E-state index in [2.05, 4.69) is 4.98 Å². The highest BCUT2D eigenvalue weighted by atomic mass is 32.2. The van der Waals surface area contributed by atoms with Crippen molar-refractivity contribution in [2.75, 3.05) is 0 Å². The van der Waals surface area contributed by atoms with Crippen LogP contribution in [0, 0.1) is 5.82 Å². The van der Waals surface area contributed by atoms with E-state index in [4.69, 9.17) is 0 Å². The number of nitrogens with one attached hydrogen (secondary N) is 1. The molecule has 1 aromatic heterocycles. The van der Waals surface area contributed by atoms with Crippen LogP contribution in [-0.2, 0) is 10.0 Å². The van der Waals surface area contributed by atoms with Gasteiger partial charge < -0.3 is 0 Å². The lowest BCUT2D eigenvalue weighted by molar-refractivity contribution is -0.160. The molecule has 18 heavy (non-hydrogen) atoms. The number of hydrogen-bond donors (Lipinski definition) is 1. The van der Waals surface area contributed by atoms with Crippen molar-refractivity contribution < 1.29 is 26.0 Å². The summed E-state index contributed by atoms with van der Waals surface area (Å²) in [6.07, 6.45) is -4.43. The van der Waals surface area contributed by atoms with E-state index >= 15 is 0 Å². The molecule has 0 bridgehead atoms. The molecule has 0 aromatic carbocycles. The summed E-state index contributed by atoms with van der Waals surface area (Å²) < 4.78 is 75.8. The van der Waals surface area contributed by atoms with Crippen LogP contribution in [0.5, 0.6) is 0 Å². The SMILES string of the molecule is O=S(=O)(NC1(C(F)(F)F)CC1)c1ncccc1F. The molecule has 0 atom stereocenters. The van der Waals surface area contributed by atoms with Crippen molar-refractivity contribution in [3.63, 3.8) is 0 Å². The molecule has 1 heterocycles. The molecule has 1 saturated carbocycles. The minimum Gasteiger partial charge on any atom is -0.241 e. The molecule has 1 N–H and O–H groups in total. The van der Waals surface area contributed by atoms with Crippen LogP contribution in [0.2, 0.25) is 0 Å². The Morgan fingerprint density at radius 3 is 2.39 bits per heavy atom. The zero-order valence-corrected chi connectivity index (χ0v) is 9.65. The Hall–Kier alpha value is -1.22. The van der Waals surface area contributed by atoms with Crippen molar-refractivity contribution in [1.29, 1.82) is 0 Å². The molecule has 100 valence electrons. The van der Waals surface area contributed by atoms with Gasteiger partial charge in [0.05, 0.1) is 0 Å². The standard InChI is InChI=1S/C9H8F4N2O2S/c10-6-2-1-5-14-7(6)18(16,17)15-8(3-4-8)9(11,12)13/h1-2,5,15H,3-4H2. The normalized spacial score (nSPS) is 18.7. The van der Waals surface area contributed by atoms with Gasteiger partial charge in [-0.15, -0.1) is 0 Å². The molecular weight excluding hydrogens is 276 g/mol. The van der Waals surface area contributed by atoms with Crippen molar-refractivity contribution in [3.8, 4) is 0 Å². The summed E-state index contributed by atoms with van der Waals surface area (Å²) in [5.74, 6) is -1.19. The Balaban J connectivity index is 2.33. The van der Waals surface area contributed by atoms with Crippen LogP contribution in [0.25, 0.3) is 0 Å². The lowest BCUT2D eigenvalue weighted by Gasteiger charge is -2.20. The fourth-order valence-corrected chi connectivity index (χ4v) is 2.90. The molecule has 1 fully saturated rings. The number of aromatic nitrogens is 1. The Kier molecular flexibility index (Phi) is 2.85. The van der Waals surface area contributed by atoms with Gasteiger partial charge in [-0.3, -0.25) is 0 Å². The molecule has 0 saturated heterocycles. The molecule has 1 aliphatic carbocycles. The number of halogens is 4. The monoisotopic (exact) mass is 284 g/mol. The first-order chi connectivity index (χ1) is 8.18. The van der Waals surface area contributed by atoms with Gasteiger partial charge in [-0.25, -0.2) is 17.8 Å². The second-order valence-corrected chi connectivity index (χ2v) is 5.57. The van der Waals surface area contributed by atoms with Gasteiger partial charge in [-0.05, 0) is 25.0 Å². The quantitative estimate of drug-likeness (QED) is 0.858. The summed E-state index contributed by atoms with van der Waals surface area (Å²) in [5, 5.41) is -1.03. The zero-order chi connectivity index (χ0) is 13.6. The average molecular weight is 284 g/mol. The first-order valence-electron chi connectivity index (χ1n) is 4.89. The van der Waals surface area contributed by atoms with Crippen LogP contribution in [0.4, 0.5) is 17.6 Å². The molecule has 0 spiro atoms. The second-order valence-electron chi connectivity index (χ2n) is 3.98. The second kappa shape index (κ2) is 3.89. The smallest absolute Gasteiger partial charge is 0.241 e. The van der Waals surface area contributed by atoms with Crippen molar-refractivity contribution >= 4 is 10.0 Å². The van der Waals surface area contributed by atoms with Crippen molar-refractivity contribution in [2.45, 2.75) is 29.6 Å². The van der Waals surface area contributed by atoms with E-state index in [1.165, 1.54) is 4.72 Å². The van der Waals surface area contributed by atoms with Gasteiger partial charge in [0.2, 0.25) is 5.03 Å². The number of alkyl halides is 3. The molecule has 1 aliphatic rings. The summed E-state index contributed by atoms with van der Waals surface area (Å²) in [7, 11) is -4.63. The maximum Gasteiger partial charge on any atom is 0.407 e. The minimum atomic E-state index is -4.70. The average Bonchev–Trinajstić information content (AvgIpc) is 2.97. The Bertz CT molecular complexity index is 566. The van der Waals surface area contributed by atoms with E-state index in [1.807, 2.05) is 0 Å². The highest BCUT2D eigenvalue weighted by molar-refractivity contribution is 7.89. The van der Waals surface area contributed by atoms with Crippen LogP contribution in [0.1, 0.15) is 12.8 Å². The summed E-state index contributed by atoms with van der Waals surface area (Å²) in [6, 6.07) is 1.96. The summed E-state index contributed by atoms with van der Waals surface area (Å²) in [5.41, 5.74) is -2.48. The van der Waals surface area contributed by atoms with Gasteiger partial charge in [-0.1, -0.05) is 0 Å². The third kappa shape index (κ3) is 2.19. The van der Waals surface area contributed by atoms with Gasteiger partial charge in [0.1, 0.15) is 5.54 Å². The maximum absolute atomic E-state index is 13.2. The predicted octanol–water partition coefficient (Wildman–Crippen LogP) is 1.59. The Labute approximate surface area is 100 Å². The van der Waals surface area contributed by atoms with Crippen LogP contribution in [0.3, 0.4) is 0 Å². The number of nitrogens with zero attached hydrogens (tertiary/aromatic N) is 1. The molecule has 9 heteroatoms. The lowest BCUT2D eigenvalue weighted by Crippen LogP contribution is -2.48. The number of sulfonamides is 1. The van der Waals surface area contributed by atoms with Gasteiger partial charge in [0.15, 0.2) is 5.82 Å². The predicted molar refractivity (Wildman–Crippen MR) is 52.5 cm³/mol. The van der Waals surface area contributed by atoms with E-state index in [0.29, 0.717) is 0 Å². The Morgan fingerprint density at radius 2 is 1.94 bits per heavy atom. The molecule has 0 unspecified atom stereocenters. The molecule has 0 aliphatic heterocycles. The molecule has 2 rings (SSSR count). The summed E-state index contributed by atoms with van der Waals surface area (Å²) >= 11 is 0. The topological polar surface area (TPSA) is 59.1 Å². The largest absolute Gasteiger partial charge is 0.407 e. The molecule has 1 aromatic rings. The highest BCUT2D eigenvalue weighted by Crippen LogP contribution is 2.49. The van der Waals surface area contributed by atoms with Crippen LogP contribution in [0.15, 0.2) is 23.4 Å². The van der Waals surface area contributed by atoms with Gasteiger partial charge in [0.25, 0.3) is 10.0 Å². The van der Waals surface area contributed by atoms with Crippen molar-refractivity contribution in [3.05, 3.63) is 24.1 Å². The van der Waals surface area contributed by atoms with E-state index in [-0.39, 0.29) is 12.8 Å². The third-order valence-corrected chi connectivity index (χ3v) is 4.07. The maximum atomic E-state index is 13.2. The number of pyridine rings is 1. The first-order valence-corrected chi connectivity index (χ1v) is 6.37. The highest BCUT2D eigenvalue weighted by Gasteiger charge is 2.65. The fourth-order valence-electron chi connectivity index (χ4n) is 1.44. The van der Waals surface area contributed by atoms with Gasteiger partial charge >= 0.3 is 6.18 Å². The van der Waals surface area contributed by atoms with Crippen LogP contribution in [-0.4, -0.2) is 25.1 Å². The van der Waals surface area contributed by atoms with Crippen LogP contribution < -0.4 is 4.72 Å². The minimum absolute atomic E-state index is 0.357. The van der Waals surface area contributed by atoms with Gasteiger partial charge in [0, 0.05) is 6.20 Å². The summed E-state index contributed by atoms with van der Waals surface area (Å²) in [6.45, 7) is 0. The molecule has 0 amide bonds. The van der Waals surface area contributed by atoms with Crippen LogP contribution >= 0.6 is 0 Å². The molecular formula is C9H8F4N2O2S. The first kappa shape index (κ1) is 13.2. The van der Waals surface area contributed by atoms with Crippen molar-refractivity contribution in [2.24, 2.45) is 0 Å². The van der Waals surface area contributed by atoms with E-state index in [9.17, 15) is 26.0 Å². The van der Waals surface area contributed by atoms with E-state index in [1.54, 1.807) is 0 Å².